The molecule has 2 aromatic carbocycles. The molecule has 0 radical (unpaired) electrons. The third kappa shape index (κ3) is 0.875. The van der Waals surface area contributed by atoms with Crippen LogP contribution in [0.2, 0.25) is 0 Å². The quantitative estimate of drug-likeness (QED) is 0.613. The lowest BCUT2D eigenvalue weighted by molar-refractivity contribution is 0.282. The lowest BCUT2D eigenvalue weighted by Gasteiger charge is -2.24. The number of rotatable bonds is 1. The van der Waals surface area contributed by atoms with Crippen molar-refractivity contribution in [2.45, 2.75) is 6.61 Å². The normalized spacial score (nSPS) is 11.5. The number of fused-ring (bicyclic) bond motifs is 4. The van der Waals surface area contributed by atoms with E-state index in [0.29, 0.717) is 0 Å². The molecule has 1 aliphatic rings. The Balaban J connectivity index is 2.19. The third-order valence-electron chi connectivity index (χ3n) is 2.77. The van der Waals surface area contributed by atoms with Gasteiger partial charge in [-0.2, -0.15) is 0 Å². The van der Waals surface area contributed by atoms with Crippen molar-refractivity contribution in [3.63, 3.8) is 0 Å². The summed E-state index contributed by atoms with van der Waals surface area (Å²) in [5.74, 6) is 0. The minimum absolute atomic E-state index is 0.120. The van der Waals surface area contributed by atoms with Crippen LogP contribution in [0.3, 0.4) is 0 Å². The fourth-order valence-electron chi connectivity index (χ4n) is 2.04. The number of benzene rings is 2. The zero-order valence-electron chi connectivity index (χ0n) is 7.70. The van der Waals surface area contributed by atoms with Crippen LogP contribution < -0.4 is 0 Å². The first kappa shape index (κ1) is 7.77. The van der Waals surface area contributed by atoms with E-state index in [1.54, 1.807) is 0 Å². The molecule has 0 atom stereocenters. The van der Waals surface area contributed by atoms with E-state index in [1.807, 2.05) is 12.1 Å². The molecule has 14 heavy (non-hydrogen) atoms. The Bertz CT molecular complexity index is 500. The van der Waals surface area contributed by atoms with E-state index in [9.17, 15) is 0 Å². The maximum Gasteiger partial charge on any atom is 0.0682 e. The molecule has 1 heteroatoms. The summed E-state index contributed by atoms with van der Waals surface area (Å²) < 4.78 is 0. The molecule has 0 saturated heterocycles. The van der Waals surface area contributed by atoms with Gasteiger partial charge in [-0.1, -0.05) is 36.4 Å². The number of hydrogen-bond donors (Lipinski definition) is 1. The molecular weight excluding hydrogens is 172 g/mol. The Morgan fingerprint density at radius 2 is 1.43 bits per heavy atom. The second-order valence-corrected chi connectivity index (χ2v) is 3.58. The second kappa shape index (κ2) is 2.69. The molecule has 0 fully saturated rings. The molecular formula is C13H10O. The molecule has 0 spiro atoms. The van der Waals surface area contributed by atoms with Gasteiger partial charge >= 0.3 is 0 Å². The van der Waals surface area contributed by atoms with Gasteiger partial charge in [0.25, 0.3) is 0 Å². The topological polar surface area (TPSA) is 20.2 Å². The van der Waals surface area contributed by atoms with Gasteiger partial charge in [-0.3, -0.25) is 0 Å². The van der Waals surface area contributed by atoms with Crippen molar-refractivity contribution >= 4 is 0 Å². The summed E-state index contributed by atoms with van der Waals surface area (Å²) >= 11 is 0. The second-order valence-electron chi connectivity index (χ2n) is 3.58. The summed E-state index contributed by atoms with van der Waals surface area (Å²) in [5.41, 5.74) is 6.19. The van der Waals surface area contributed by atoms with Crippen LogP contribution in [0.1, 0.15) is 5.56 Å². The first-order valence-electron chi connectivity index (χ1n) is 4.74. The summed E-state index contributed by atoms with van der Waals surface area (Å²) in [4.78, 5) is 0. The summed E-state index contributed by atoms with van der Waals surface area (Å²) in [6, 6.07) is 14.5. The van der Waals surface area contributed by atoms with E-state index in [0.717, 1.165) is 5.56 Å². The highest BCUT2D eigenvalue weighted by Gasteiger charge is 2.20. The summed E-state index contributed by atoms with van der Waals surface area (Å²) in [7, 11) is 0. The lowest BCUT2D eigenvalue weighted by atomic mass is 9.80. The first-order chi connectivity index (χ1) is 6.90. The molecule has 0 unspecified atom stereocenters. The minimum Gasteiger partial charge on any atom is -0.392 e. The highest BCUT2D eigenvalue weighted by atomic mass is 16.3. The SMILES string of the molecule is OCc1ccc2c(c1)-c1ccccc1-2. The Labute approximate surface area is 82.6 Å². The average Bonchev–Trinajstić information content (AvgIpc) is 2.25. The molecule has 1 N–H and O–H groups in total. The van der Waals surface area contributed by atoms with Crippen LogP contribution in [-0.2, 0) is 6.61 Å². The molecule has 3 rings (SSSR count). The fraction of sp³-hybridized carbons (Fsp3) is 0.0769. The van der Waals surface area contributed by atoms with Crippen LogP contribution in [-0.4, -0.2) is 5.11 Å². The van der Waals surface area contributed by atoms with Crippen LogP contribution in [0.5, 0.6) is 0 Å². The van der Waals surface area contributed by atoms with Gasteiger partial charge in [-0.05, 0) is 33.9 Å². The molecule has 1 nitrogen and oxygen atoms in total. The first-order valence-corrected chi connectivity index (χ1v) is 4.74. The number of hydrogen-bond acceptors (Lipinski definition) is 1. The minimum atomic E-state index is 0.120. The summed E-state index contributed by atoms with van der Waals surface area (Å²) in [6.07, 6.45) is 0. The van der Waals surface area contributed by atoms with E-state index in [4.69, 9.17) is 5.11 Å². The van der Waals surface area contributed by atoms with Gasteiger partial charge in [-0.15, -0.1) is 0 Å². The molecule has 68 valence electrons. The van der Waals surface area contributed by atoms with Crippen molar-refractivity contribution in [2.24, 2.45) is 0 Å². The molecule has 0 aliphatic heterocycles. The van der Waals surface area contributed by atoms with Gasteiger partial charge in [-0.25, -0.2) is 0 Å². The third-order valence-corrected chi connectivity index (χ3v) is 2.77. The molecule has 1 aliphatic carbocycles. The Kier molecular flexibility index (Phi) is 1.49. The maximum absolute atomic E-state index is 9.03. The largest absolute Gasteiger partial charge is 0.392 e. The summed E-state index contributed by atoms with van der Waals surface area (Å²) in [6.45, 7) is 0.120. The number of aliphatic hydroxyl groups excluding tert-OH is 1. The standard InChI is InChI=1S/C13H10O/c14-8-9-5-6-12-10-3-1-2-4-11(10)13(12)7-9/h1-7,14H,8H2. The smallest absolute Gasteiger partial charge is 0.0682 e. The van der Waals surface area contributed by atoms with E-state index in [-0.39, 0.29) is 6.61 Å². The maximum atomic E-state index is 9.03. The van der Waals surface area contributed by atoms with Crippen molar-refractivity contribution < 1.29 is 5.11 Å². The van der Waals surface area contributed by atoms with Crippen LogP contribution in [0, 0.1) is 0 Å². The monoisotopic (exact) mass is 182 g/mol. The van der Waals surface area contributed by atoms with Gasteiger partial charge in [0.1, 0.15) is 0 Å². The zero-order chi connectivity index (χ0) is 9.54. The van der Waals surface area contributed by atoms with E-state index in [2.05, 4.69) is 30.3 Å². The Morgan fingerprint density at radius 3 is 2.14 bits per heavy atom. The van der Waals surface area contributed by atoms with Crippen molar-refractivity contribution in [3.05, 3.63) is 48.0 Å². The molecule has 0 aromatic heterocycles. The molecule has 0 amide bonds. The van der Waals surface area contributed by atoms with E-state index < -0.39 is 0 Å². The molecule has 0 bridgehead atoms. The van der Waals surface area contributed by atoms with Crippen molar-refractivity contribution in [1.82, 2.24) is 0 Å². The molecule has 0 saturated carbocycles. The zero-order valence-corrected chi connectivity index (χ0v) is 7.70. The predicted octanol–water partition coefficient (Wildman–Crippen LogP) is 2.83. The number of aliphatic hydroxyl groups is 1. The van der Waals surface area contributed by atoms with Crippen LogP contribution >= 0.6 is 0 Å². The van der Waals surface area contributed by atoms with Crippen molar-refractivity contribution in [2.75, 3.05) is 0 Å². The summed E-state index contributed by atoms with van der Waals surface area (Å²) in [5, 5.41) is 9.03. The molecule has 2 aromatic rings. The highest BCUT2D eigenvalue weighted by molar-refractivity contribution is 6.02. The fourth-order valence-corrected chi connectivity index (χ4v) is 2.04. The highest BCUT2D eigenvalue weighted by Crippen LogP contribution is 2.46. The van der Waals surface area contributed by atoms with E-state index >= 15 is 0 Å². The lowest BCUT2D eigenvalue weighted by Crippen LogP contribution is -1.99. The average molecular weight is 182 g/mol. The van der Waals surface area contributed by atoms with Gasteiger partial charge in [0.2, 0.25) is 0 Å². The van der Waals surface area contributed by atoms with Gasteiger partial charge in [0.05, 0.1) is 6.61 Å². The van der Waals surface area contributed by atoms with Gasteiger partial charge in [0, 0.05) is 0 Å². The van der Waals surface area contributed by atoms with Crippen LogP contribution in [0.15, 0.2) is 42.5 Å². The van der Waals surface area contributed by atoms with Crippen LogP contribution in [0.4, 0.5) is 0 Å². The van der Waals surface area contributed by atoms with Crippen molar-refractivity contribution in [1.29, 1.82) is 0 Å². The Morgan fingerprint density at radius 1 is 0.786 bits per heavy atom. The predicted molar refractivity (Wildman–Crippen MR) is 56.8 cm³/mol. The molecule has 0 heterocycles. The van der Waals surface area contributed by atoms with Gasteiger partial charge < -0.3 is 5.11 Å². The van der Waals surface area contributed by atoms with Crippen molar-refractivity contribution in [3.8, 4) is 22.3 Å². The van der Waals surface area contributed by atoms with Gasteiger partial charge in [0.15, 0.2) is 0 Å². The van der Waals surface area contributed by atoms with Crippen LogP contribution in [0.25, 0.3) is 22.3 Å². The Hall–Kier alpha value is -1.60. The van der Waals surface area contributed by atoms with E-state index in [1.165, 1.54) is 22.3 Å².